The number of nitrogens with one attached hydrogen (secondary N) is 1. The highest BCUT2D eigenvalue weighted by Crippen LogP contribution is 2.32. The molecule has 1 amide bonds. The maximum absolute atomic E-state index is 12.2. The first-order valence-corrected chi connectivity index (χ1v) is 8.71. The number of carbonyl (C=O) groups excluding carboxylic acids is 1. The number of hydrogen-bond acceptors (Lipinski definition) is 4. The number of amides is 1. The second-order valence-electron chi connectivity index (χ2n) is 6.96. The summed E-state index contributed by atoms with van der Waals surface area (Å²) in [7, 11) is 1.58. The van der Waals surface area contributed by atoms with E-state index in [9.17, 15) is 10.1 Å². The Kier molecular flexibility index (Phi) is 5.06. The SMILES string of the molecule is COc1ccc(CN[C@H]2CCN(C(=O)C3CC3)C[C@@H]2C)cc1C#N. The summed E-state index contributed by atoms with van der Waals surface area (Å²) in [6.45, 7) is 4.63. The fraction of sp³-hybridized carbons (Fsp3) is 0.579. The Hall–Kier alpha value is -2.06. The van der Waals surface area contributed by atoms with Gasteiger partial charge < -0.3 is 15.0 Å². The zero-order valence-corrected chi connectivity index (χ0v) is 14.4. The number of carbonyl (C=O) groups is 1. The average molecular weight is 327 g/mol. The normalized spacial score (nSPS) is 23.6. The van der Waals surface area contributed by atoms with Crippen LogP contribution >= 0.6 is 0 Å². The first kappa shape index (κ1) is 16.8. The zero-order valence-electron chi connectivity index (χ0n) is 14.4. The number of rotatable bonds is 5. The Bertz CT molecular complexity index is 649. The molecule has 0 unspecified atom stereocenters. The van der Waals surface area contributed by atoms with E-state index in [1.165, 1.54) is 0 Å². The zero-order chi connectivity index (χ0) is 17.1. The fourth-order valence-corrected chi connectivity index (χ4v) is 3.44. The summed E-state index contributed by atoms with van der Waals surface area (Å²) >= 11 is 0. The molecule has 1 saturated heterocycles. The van der Waals surface area contributed by atoms with E-state index >= 15 is 0 Å². The number of nitriles is 1. The van der Waals surface area contributed by atoms with Gasteiger partial charge in [0.05, 0.1) is 12.7 Å². The molecule has 0 aromatic heterocycles. The van der Waals surface area contributed by atoms with E-state index in [2.05, 4.69) is 18.3 Å². The van der Waals surface area contributed by atoms with Crippen LogP contribution in [0, 0.1) is 23.2 Å². The number of methoxy groups -OCH3 is 1. The lowest BCUT2D eigenvalue weighted by Gasteiger charge is -2.37. The minimum atomic E-state index is 0.311. The van der Waals surface area contributed by atoms with Crippen molar-refractivity contribution in [1.82, 2.24) is 10.2 Å². The van der Waals surface area contributed by atoms with Gasteiger partial charge in [0.15, 0.2) is 0 Å². The van der Waals surface area contributed by atoms with Gasteiger partial charge in [-0.1, -0.05) is 13.0 Å². The molecule has 1 saturated carbocycles. The van der Waals surface area contributed by atoms with Crippen LogP contribution in [0.25, 0.3) is 0 Å². The maximum atomic E-state index is 12.2. The number of hydrogen-bond donors (Lipinski definition) is 1. The molecule has 128 valence electrons. The molecule has 1 aliphatic heterocycles. The highest BCUT2D eigenvalue weighted by molar-refractivity contribution is 5.81. The van der Waals surface area contributed by atoms with Gasteiger partial charge >= 0.3 is 0 Å². The van der Waals surface area contributed by atoms with E-state index < -0.39 is 0 Å². The third kappa shape index (κ3) is 3.70. The lowest BCUT2D eigenvalue weighted by Crippen LogP contribution is -2.50. The van der Waals surface area contributed by atoms with Gasteiger partial charge in [-0.25, -0.2) is 0 Å². The molecule has 1 aromatic rings. The molecule has 0 radical (unpaired) electrons. The third-order valence-corrected chi connectivity index (χ3v) is 5.10. The molecule has 24 heavy (non-hydrogen) atoms. The standard InChI is InChI=1S/C19H25N3O2/c1-13-12-22(19(23)15-4-5-15)8-7-17(13)21-11-14-3-6-18(24-2)16(9-14)10-20/h3,6,9,13,15,17,21H,4-5,7-8,11-12H2,1-2H3/t13-,17-/m0/s1. The Balaban J connectivity index is 1.54. The maximum Gasteiger partial charge on any atom is 0.225 e. The molecular weight excluding hydrogens is 302 g/mol. The topological polar surface area (TPSA) is 65.4 Å². The van der Waals surface area contributed by atoms with Crippen LogP contribution in [0.4, 0.5) is 0 Å². The number of piperidine rings is 1. The van der Waals surface area contributed by atoms with E-state index in [4.69, 9.17) is 4.74 Å². The average Bonchev–Trinajstić information content (AvgIpc) is 3.44. The molecule has 2 fully saturated rings. The van der Waals surface area contributed by atoms with Crippen LogP contribution in [-0.4, -0.2) is 37.0 Å². The molecular formula is C19H25N3O2. The van der Waals surface area contributed by atoms with Crippen LogP contribution in [0.2, 0.25) is 0 Å². The van der Waals surface area contributed by atoms with Crippen molar-refractivity contribution in [3.05, 3.63) is 29.3 Å². The van der Waals surface area contributed by atoms with E-state index in [1.54, 1.807) is 7.11 Å². The molecule has 2 aliphatic rings. The van der Waals surface area contributed by atoms with E-state index in [0.29, 0.717) is 35.1 Å². The first-order valence-electron chi connectivity index (χ1n) is 8.71. The molecule has 0 bridgehead atoms. The second kappa shape index (κ2) is 7.23. The third-order valence-electron chi connectivity index (χ3n) is 5.10. The van der Waals surface area contributed by atoms with Crippen LogP contribution in [0.5, 0.6) is 5.75 Å². The van der Waals surface area contributed by atoms with Crippen molar-refractivity contribution in [3.8, 4) is 11.8 Å². The molecule has 5 nitrogen and oxygen atoms in total. The fourth-order valence-electron chi connectivity index (χ4n) is 3.44. The molecule has 1 aromatic carbocycles. The molecule has 0 spiro atoms. The lowest BCUT2D eigenvalue weighted by atomic mass is 9.93. The minimum absolute atomic E-state index is 0.311. The molecule has 1 N–H and O–H groups in total. The summed E-state index contributed by atoms with van der Waals surface area (Å²) in [5.74, 6) is 1.72. The van der Waals surface area contributed by atoms with Gasteiger partial charge in [0, 0.05) is 31.6 Å². The summed E-state index contributed by atoms with van der Waals surface area (Å²) in [4.78, 5) is 14.2. The largest absolute Gasteiger partial charge is 0.495 e. The van der Waals surface area contributed by atoms with E-state index in [1.807, 2.05) is 23.1 Å². The number of ether oxygens (including phenoxy) is 1. The van der Waals surface area contributed by atoms with Crippen LogP contribution in [0.15, 0.2) is 18.2 Å². The summed E-state index contributed by atoms with van der Waals surface area (Å²) < 4.78 is 5.18. The van der Waals surface area contributed by atoms with Gasteiger partial charge in [0.25, 0.3) is 0 Å². The quantitative estimate of drug-likeness (QED) is 0.901. The number of likely N-dealkylation sites (tertiary alicyclic amines) is 1. The summed E-state index contributed by atoms with van der Waals surface area (Å²) in [6, 6.07) is 8.28. The Labute approximate surface area is 143 Å². The molecule has 2 atom stereocenters. The van der Waals surface area contributed by atoms with E-state index in [-0.39, 0.29) is 0 Å². The smallest absolute Gasteiger partial charge is 0.225 e. The predicted molar refractivity (Wildman–Crippen MR) is 91.4 cm³/mol. The van der Waals surface area contributed by atoms with Crippen LogP contribution < -0.4 is 10.1 Å². The number of nitrogens with zero attached hydrogens (tertiary/aromatic N) is 2. The minimum Gasteiger partial charge on any atom is -0.495 e. The number of benzene rings is 1. The van der Waals surface area contributed by atoms with Gasteiger partial charge in [0.2, 0.25) is 5.91 Å². The molecule has 1 heterocycles. The second-order valence-corrected chi connectivity index (χ2v) is 6.96. The van der Waals surface area contributed by atoms with Crippen molar-refractivity contribution in [2.24, 2.45) is 11.8 Å². The van der Waals surface area contributed by atoms with Crippen molar-refractivity contribution in [1.29, 1.82) is 5.26 Å². The molecule has 1 aliphatic carbocycles. The Morgan fingerprint density at radius 2 is 2.21 bits per heavy atom. The first-order chi connectivity index (χ1) is 11.6. The van der Waals surface area contributed by atoms with Gasteiger partial charge in [-0.3, -0.25) is 4.79 Å². The van der Waals surface area contributed by atoms with Crippen LogP contribution in [0.3, 0.4) is 0 Å². The Morgan fingerprint density at radius 3 is 2.83 bits per heavy atom. The van der Waals surface area contributed by atoms with Crippen molar-refractivity contribution in [2.45, 2.75) is 38.8 Å². The predicted octanol–water partition coefficient (Wildman–Crippen LogP) is 2.30. The monoisotopic (exact) mass is 327 g/mol. The van der Waals surface area contributed by atoms with Gasteiger partial charge in [0.1, 0.15) is 11.8 Å². The highest BCUT2D eigenvalue weighted by atomic mass is 16.5. The molecule has 5 heteroatoms. The van der Waals surface area contributed by atoms with Crippen LogP contribution in [-0.2, 0) is 11.3 Å². The van der Waals surface area contributed by atoms with Crippen LogP contribution in [0.1, 0.15) is 37.3 Å². The Morgan fingerprint density at radius 1 is 1.42 bits per heavy atom. The highest BCUT2D eigenvalue weighted by Gasteiger charge is 2.36. The van der Waals surface area contributed by atoms with Crippen molar-refractivity contribution in [2.75, 3.05) is 20.2 Å². The summed E-state index contributed by atoms with van der Waals surface area (Å²) in [5, 5.41) is 12.8. The van der Waals surface area contributed by atoms with Crippen molar-refractivity contribution >= 4 is 5.91 Å². The van der Waals surface area contributed by atoms with Crippen molar-refractivity contribution < 1.29 is 9.53 Å². The summed E-state index contributed by atoms with van der Waals surface area (Å²) in [6.07, 6.45) is 3.13. The molecule has 3 rings (SSSR count). The summed E-state index contributed by atoms with van der Waals surface area (Å²) in [5.41, 5.74) is 1.64. The van der Waals surface area contributed by atoms with Crippen molar-refractivity contribution in [3.63, 3.8) is 0 Å². The lowest BCUT2D eigenvalue weighted by molar-refractivity contribution is -0.134. The van der Waals surface area contributed by atoms with Gasteiger partial charge in [-0.2, -0.15) is 5.26 Å². The van der Waals surface area contributed by atoms with Gasteiger partial charge in [-0.05, 0) is 42.9 Å². The van der Waals surface area contributed by atoms with E-state index in [0.717, 1.165) is 44.5 Å². The van der Waals surface area contributed by atoms with Gasteiger partial charge in [-0.15, -0.1) is 0 Å².